The Morgan fingerprint density at radius 3 is 2.38 bits per heavy atom. The van der Waals surface area contributed by atoms with Crippen LogP contribution in [0.5, 0.6) is 0 Å². The molecular weight excluding hydrogens is 260 g/mol. The zero-order valence-corrected chi connectivity index (χ0v) is 12.8. The fourth-order valence-electron chi connectivity index (χ4n) is 2.39. The quantitative estimate of drug-likeness (QED) is 0.817. The molecule has 112 valence electrons. The average Bonchev–Trinajstić information content (AvgIpc) is 2.52. The predicted molar refractivity (Wildman–Crippen MR) is 89.9 cm³/mol. The molecule has 0 saturated carbocycles. The third-order valence-electron chi connectivity index (χ3n) is 3.73. The summed E-state index contributed by atoms with van der Waals surface area (Å²) in [4.78, 5) is 2.16. The van der Waals surface area contributed by atoms with E-state index in [0.29, 0.717) is 6.54 Å². The Hall–Kier alpha value is -2.00. The van der Waals surface area contributed by atoms with Crippen LogP contribution >= 0.6 is 0 Å². The summed E-state index contributed by atoms with van der Waals surface area (Å²) in [5.74, 6) is 0. The predicted octanol–water partition coefficient (Wildman–Crippen LogP) is 3.43. The zero-order valence-electron chi connectivity index (χ0n) is 12.8. The first kappa shape index (κ1) is 15.4. The van der Waals surface area contributed by atoms with Gasteiger partial charge in [0, 0.05) is 31.0 Å². The lowest BCUT2D eigenvalue weighted by molar-refractivity contribution is 0.302. The van der Waals surface area contributed by atoms with Crippen LogP contribution < -0.4 is 10.2 Å². The van der Waals surface area contributed by atoms with Crippen LogP contribution in [0.1, 0.15) is 18.1 Å². The van der Waals surface area contributed by atoms with E-state index in [9.17, 15) is 0 Å². The molecule has 0 amide bonds. The highest BCUT2D eigenvalue weighted by Gasteiger charge is 2.03. The lowest BCUT2D eigenvalue weighted by Gasteiger charge is -2.22. The smallest absolute Gasteiger partial charge is 0.0606 e. The number of benzene rings is 2. The number of aliphatic hydroxyl groups is 1. The molecule has 2 rings (SSSR count). The maximum atomic E-state index is 9.07. The van der Waals surface area contributed by atoms with Crippen LogP contribution in [0.2, 0.25) is 0 Å². The van der Waals surface area contributed by atoms with Gasteiger partial charge >= 0.3 is 0 Å². The lowest BCUT2D eigenvalue weighted by atomic mass is 10.1. The molecule has 0 aliphatic heterocycles. The van der Waals surface area contributed by atoms with Crippen molar-refractivity contribution in [3.63, 3.8) is 0 Å². The van der Waals surface area contributed by atoms with Crippen LogP contribution in [-0.4, -0.2) is 24.8 Å². The fourth-order valence-corrected chi connectivity index (χ4v) is 2.39. The van der Waals surface area contributed by atoms with Crippen molar-refractivity contribution in [2.45, 2.75) is 20.4 Å². The van der Waals surface area contributed by atoms with Crippen molar-refractivity contribution in [2.75, 3.05) is 29.9 Å². The van der Waals surface area contributed by atoms with Gasteiger partial charge < -0.3 is 15.3 Å². The molecule has 0 heterocycles. The third kappa shape index (κ3) is 4.23. The van der Waals surface area contributed by atoms with Crippen molar-refractivity contribution >= 4 is 11.4 Å². The topological polar surface area (TPSA) is 35.5 Å². The van der Waals surface area contributed by atoms with Gasteiger partial charge in [-0.05, 0) is 49.2 Å². The van der Waals surface area contributed by atoms with E-state index in [-0.39, 0.29) is 6.61 Å². The van der Waals surface area contributed by atoms with Crippen LogP contribution in [0.15, 0.2) is 48.5 Å². The highest BCUT2D eigenvalue weighted by molar-refractivity contribution is 5.55. The summed E-state index contributed by atoms with van der Waals surface area (Å²) in [5, 5.41) is 12.5. The van der Waals surface area contributed by atoms with E-state index in [2.05, 4.69) is 72.6 Å². The van der Waals surface area contributed by atoms with Gasteiger partial charge in [0.2, 0.25) is 0 Å². The second-order valence-corrected chi connectivity index (χ2v) is 5.13. The molecule has 2 aromatic rings. The summed E-state index contributed by atoms with van der Waals surface area (Å²) in [6, 6.07) is 16.8. The van der Waals surface area contributed by atoms with Crippen LogP contribution in [-0.2, 0) is 6.54 Å². The molecule has 0 atom stereocenters. The van der Waals surface area contributed by atoms with Crippen LogP contribution in [0.4, 0.5) is 11.4 Å². The zero-order chi connectivity index (χ0) is 15.1. The summed E-state index contributed by atoms with van der Waals surface area (Å²) >= 11 is 0. The monoisotopic (exact) mass is 284 g/mol. The molecule has 0 unspecified atom stereocenters. The number of likely N-dealkylation sites (N-methyl/N-ethyl adjacent to an activating group) is 1. The van der Waals surface area contributed by atoms with Gasteiger partial charge in [-0.2, -0.15) is 0 Å². The van der Waals surface area contributed by atoms with E-state index in [0.717, 1.165) is 24.5 Å². The Morgan fingerprint density at radius 2 is 1.76 bits per heavy atom. The molecule has 21 heavy (non-hydrogen) atoms. The molecule has 0 radical (unpaired) electrons. The minimum absolute atomic E-state index is 0.182. The first-order chi connectivity index (χ1) is 10.2. The molecule has 0 saturated heterocycles. The largest absolute Gasteiger partial charge is 0.395 e. The van der Waals surface area contributed by atoms with Crippen molar-refractivity contribution in [1.82, 2.24) is 0 Å². The molecule has 0 aromatic heterocycles. The maximum Gasteiger partial charge on any atom is 0.0606 e. The lowest BCUT2D eigenvalue weighted by Crippen LogP contribution is -2.25. The van der Waals surface area contributed by atoms with Gasteiger partial charge in [-0.3, -0.25) is 0 Å². The van der Waals surface area contributed by atoms with E-state index in [1.807, 2.05) is 0 Å². The van der Waals surface area contributed by atoms with Gasteiger partial charge in [-0.25, -0.2) is 0 Å². The Balaban J connectivity index is 1.98. The number of nitrogens with zero attached hydrogens (tertiary/aromatic N) is 1. The molecule has 0 aliphatic rings. The van der Waals surface area contributed by atoms with Crippen LogP contribution in [0.3, 0.4) is 0 Å². The fraction of sp³-hybridized carbons (Fsp3) is 0.333. The molecule has 0 fully saturated rings. The number of aliphatic hydroxyl groups excluding tert-OH is 1. The number of rotatable bonds is 7. The van der Waals surface area contributed by atoms with Gasteiger partial charge in [-0.15, -0.1) is 0 Å². The Labute approximate surface area is 127 Å². The molecule has 2 N–H and O–H groups in total. The molecule has 0 spiro atoms. The van der Waals surface area contributed by atoms with E-state index in [4.69, 9.17) is 5.11 Å². The third-order valence-corrected chi connectivity index (χ3v) is 3.73. The van der Waals surface area contributed by atoms with Gasteiger partial charge in [0.15, 0.2) is 0 Å². The van der Waals surface area contributed by atoms with Crippen molar-refractivity contribution in [1.29, 1.82) is 0 Å². The van der Waals surface area contributed by atoms with Gasteiger partial charge in [0.1, 0.15) is 0 Å². The number of hydrogen-bond acceptors (Lipinski definition) is 3. The summed E-state index contributed by atoms with van der Waals surface area (Å²) in [6.07, 6.45) is 0. The molecular formula is C18H24N2O. The molecule has 3 nitrogen and oxygen atoms in total. The first-order valence-electron chi connectivity index (χ1n) is 7.49. The molecule has 2 aromatic carbocycles. The van der Waals surface area contributed by atoms with Crippen molar-refractivity contribution in [2.24, 2.45) is 0 Å². The van der Waals surface area contributed by atoms with Gasteiger partial charge in [0.05, 0.1) is 6.61 Å². The molecule has 0 aliphatic carbocycles. The Morgan fingerprint density at radius 1 is 1.05 bits per heavy atom. The van der Waals surface area contributed by atoms with Gasteiger partial charge in [-0.1, -0.05) is 24.3 Å². The van der Waals surface area contributed by atoms with Crippen molar-refractivity contribution in [3.05, 3.63) is 59.7 Å². The summed E-state index contributed by atoms with van der Waals surface area (Å²) in [5.41, 5.74) is 4.88. The number of hydrogen-bond donors (Lipinski definition) is 2. The van der Waals surface area contributed by atoms with Gasteiger partial charge in [0.25, 0.3) is 0 Å². The Bertz CT molecular complexity index is 551. The first-order valence-corrected chi connectivity index (χ1v) is 7.49. The van der Waals surface area contributed by atoms with E-state index in [1.54, 1.807) is 0 Å². The van der Waals surface area contributed by atoms with Crippen LogP contribution in [0, 0.1) is 6.92 Å². The van der Waals surface area contributed by atoms with Crippen molar-refractivity contribution in [3.8, 4) is 0 Å². The minimum atomic E-state index is 0.182. The standard InChI is InChI=1S/C18H24N2O/c1-3-20(12-13-21)18-10-8-17(9-11-18)19-14-16-7-5-4-6-15(16)2/h4-11,19,21H,3,12-14H2,1-2H3. The SMILES string of the molecule is CCN(CCO)c1ccc(NCc2ccccc2C)cc1. The second kappa shape index (κ2) is 7.70. The van der Waals surface area contributed by atoms with Crippen molar-refractivity contribution < 1.29 is 5.11 Å². The normalized spacial score (nSPS) is 10.4. The number of aryl methyl sites for hydroxylation is 1. The average molecular weight is 284 g/mol. The van der Waals surface area contributed by atoms with Crippen LogP contribution in [0.25, 0.3) is 0 Å². The highest BCUT2D eigenvalue weighted by atomic mass is 16.3. The molecule has 3 heteroatoms. The summed E-state index contributed by atoms with van der Waals surface area (Å²) < 4.78 is 0. The number of anilines is 2. The van der Waals surface area contributed by atoms with E-state index < -0.39 is 0 Å². The minimum Gasteiger partial charge on any atom is -0.395 e. The Kier molecular flexibility index (Phi) is 5.64. The highest BCUT2D eigenvalue weighted by Crippen LogP contribution is 2.18. The molecule has 0 bridgehead atoms. The number of nitrogens with one attached hydrogen (secondary N) is 1. The second-order valence-electron chi connectivity index (χ2n) is 5.13. The summed E-state index contributed by atoms with van der Waals surface area (Å²) in [6.45, 7) is 6.82. The maximum absolute atomic E-state index is 9.07. The van der Waals surface area contributed by atoms with E-state index in [1.165, 1.54) is 11.1 Å². The summed E-state index contributed by atoms with van der Waals surface area (Å²) in [7, 11) is 0. The van der Waals surface area contributed by atoms with E-state index >= 15 is 0 Å².